The molecule has 0 aliphatic carbocycles. The van der Waals surface area contributed by atoms with Gasteiger partial charge in [-0.3, -0.25) is 9.78 Å². The molecule has 1 aromatic heterocycles. The molecule has 0 atom stereocenters. The Kier molecular flexibility index (Phi) is 5.63. The van der Waals surface area contributed by atoms with Crippen LogP contribution in [0.25, 0.3) is 0 Å². The van der Waals surface area contributed by atoms with Gasteiger partial charge in [0.15, 0.2) is 0 Å². The molecule has 2 aromatic carbocycles. The molecular weight excluding hydrogens is 367 g/mol. The number of aromatic nitrogens is 1. The zero-order chi connectivity index (χ0) is 20.1. The van der Waals surface area contributed by atoms with Gasteiger partial charge in [-0.05, 0) is 42.8 Å². The lowest BCUT2D eigenvalue weighted by atomic mass is 10.1. The van der Waals surface area contributed by atoms with E-state index in [0.29, 0.717) is 12.2 Å². The summed E-state index contributed by atoms with van der Waals surface area (Å²) in [5.41, 5.74) is 2.26. The maximum absolute atomic E-state index is 12.8. The molecule has 2 N–H and O–H groups in total. The number of carbonyl (C=O) groups excluding carboxylic acids is 1. The van der Waals surface area contributed by atoms with Crippen molar-refractivity contribution in [2.45, 2.75) is 19.6 Å². The average molecular weight is 385 g/mol. The number of carbonyl (C=O) groups is 1. The van der Waals surface area contributed by atoms with Crippen molar-refractivity contribution in [2.24, 2.45) is 0 Å². The van der Waals surface area contributed by atoms with Crippen LogP contribution >= 0.6 is 0 Å². The Balaban J connectivity index is 1.68. The summed E-state index contributed by atoms with van der Waals surface area (Å²) in [5.74, 6) is -0.585. The third kappa shape index (κ3) is 5.09. The first-order valence-electron chi connectivity index (χ1n) is 8.55. The van der Waals surface area contributed by atoms with E-state index >= 15 is 0 Å². The Labute approximate surface area is 160 Å². The SMILES string of the molecule is Cc1cccc(CNc2ccnc(C(=O)Nc3cccc(C(F)(F)F)c3)c2)c1. The van der Waals surface area contributed by atoms with Crippen LogP contribution in [0.5, 0.6) is 0 Å². The monoisotopic (exact) mass is 385 g/mol. The standard InChI is InChI=1S/C21H18F3N3O/c1-14-4-2-5-15(10-14)13-26-17-8-9-25-19(12-17)20(28)27-18-7-3-6-16(11-18)21(22,23)24/h2-12H,13H2,1H3,(H,25,26)(H,27,28). The van der Waals surface area contributed by atoms with Crippen molar-refractivity contribution in [3.63, 3.8) is 0 Å². The first-order chi connectivity index (χ1) is 13.3. The Morgan fingerprint density at radius 3 is 2.54 bits per heavy atom. The number of pyridine rings is 1. The fourth-order valence-corrected chi connectivity index (χ4v) is 2.66. The quantitative estimate of drug-likeness (QED) is 0.629. The summed E-state index contributed by atoms with van der Waals surface area (Å²) < 4.78 is 38.4. The van der Waals surface area contributed by atoms with E-state index in [0.717, 1.165) is 23.3 Å². The minimum absolute atomic E-state index is 0.0553. The number of hydrogen-bond acceptors (Lipinski definition) is 3. The van der Waals surface area contributed by atoms with Crippen molar-refractivity contribution >= 4 is 17.3 Å². The predicted octanol–water partition coefficient (Wildman–Crippen LogP) is 5.27. The van der Waals surface area contributed by atoms with E-state index < -0.39 is 17.6 Å². The first kappa shape index (κ1) is 19.4. The second kappa shape index (κ2) is 8.12. The smallest absolute Gasteiger partial charge is 0.381 e. The number of nitrogens with zero attached hydrogens (tertiary/aromatic N) is 1. The topological polar surface area (TPSA) is 54.0 Å². The highest BCUT2D eigenvalue weighted by molar-refractivity contribution is 6.03. The molecule has 0 saturated heterocycles. The number of halogens is 3. The molecular formula is C21H18F3N3O. The molecule has 0 radical (unpaired) electrons. The Hall–Kier alpha value is -3.35. The van der Waals surface area contributed by atoms with Crippen molar-refractivity contribution in [3.05, 3.63) is 89.2 Å². The van der Waals surface area contributed by atoms with Crippen LogP contribution in [-0.2, 0) is 12.7 Å². The van der Waals surface area contributed by atoms with E-state index in [2.05, 4.69) is 21.7 Å². The molecule has 3 rings (SSSR count). The van der Waals surface area contributed by atoms with Gasteiger partial charge in [0, 0.05) is 24.1 Å². The highest BCUT2D eigenvalue weighted by Gasteiger charge is 2.30. The zero-order valence-electron chi connectivity index (χ0n) is 15.0. The molecule has 0 unspecified atom stereocenters. The Morgan fingerprint density at radius 2 is 1.79 bits per heavy atom. The minimum atomic E-state index is -4.47. The Bertz CT molecular complexity index is 986. The molecule has 144 valence electrons. The molecule has 3 aromatic rings. The molecule has 0 saturated carbocycles. The summed E-state index contributed by atoms with van der Waals surface area (Å²) in [7, 11) is 0. The summed E-state index contributed by atoms with van der Waals surface area (Å²) >= 11 is 0. The number of anilines is 2. The van der Waals surface area contributed by atoms with Crippen LogP contribution < -0.4 is 10.6 Å². The molecule has 7 heteroatoms. The fraction of sp³-hybridized carbons (Fsp3) is 0.143. The number of alkyl halides is 3. The molecule has 28 heavy (non-hydrogen) atoms. The maximum Gasteiger partial charge on any atom is 0.416 e. The molecule has 0 fully saturated rings. The highest BCUT2D eigenvalue weighted by atomic mass is 19.4. The number of nitrogens with one attached hydrogen (secondary N) is 2. The van der Waals surface area contributed by atoms with Crippen LogP contribution in [-0.4, -0.2) is 10.9 Å². The lowest BCUT2D eigenvalue weighted by Crippen LogP contribution is -2.15. The van der Waals surface area contributed by atoms with E-state index in [1.165, 1.54) is 18.3 Å². The van der Waals surface area contributed by atoms with Crippen LogP contribution in [0, 0.1) is 6.92 Å². The number of aryl methyl sites for hydroxylation is 1. The van der Waals surface area contributed by atoms with E-state index in [1.54, 1.807) is 12.1 Å². The molecule has 0 bridgehead atoms. The van der Waals surface area contributed by atoms with Crippen LogP contribution in [0.3, 0.4) is 0 Å². The third-order valence-corrected chi connectivity index (χ3v) is 4.02. The van der Waals surface area contributed by atoms with Gasteiger partial charge >= 0.3 is 6.18 Å². The normalized spacial score (nSPS) is 11.1. The van der Waals surface area contributed by atoms with Crippen LogP contribution in [0.4, 0.5) is 24.5 Å². The largest absolute Gasteiger partial charge is 0.416 e. The van der Waals surface area contributed by atoms with Gasteiger partial charge in [0.05, 0.1) is 5.56 Å². The number of benzene rings is 2. The summed E-state index contributed by atoms with van der Waals surface area (Å²) in [6.07, 6.45) is -3.00. The number of rotatable bonds is 5. The third-order valence-electron chi connectivity index (χ3n) is 4.02. The number of hydrogen-bond donors (Lipinski definition) is 2. The van der Waals surface area contributed by atoms with Gasteiger partial charge in [-0.2, -0.15) is 13.2 Å². The molecule has 1 heterocycles. The van der Waals surface area contributed by atoms with Gasteiger partial charge in [0.1, 0.15) is 5.69 Å². The minimum Gasteiger partial charge on any atom is -0.381 e. The van der Waals surface area contributed by atoms with E-state index in [9.17, 15) is 18.0 Å². The molecule has 1 amide bonds. The van der Waals surface area contributed by atoms with Crippen LogP contribution in [0.2, 0.25) is 0 Å². The lowest BCUT2D eigenvalue weighted by molar-refractivity contribution is -0.137. The van der Waals surface area contributed by atoms with Crippen molar-refractivity contribution in [1.82, 2.24) is 4.98 Å². The van der Waals surface area contributed by atoms with E-state index in [-0.39, 0.29) is 11.4 Å². The molecule has 0 aliphatic rings. The first-order valence-corrected chi connectivity index (χ1v) is 8.55. The van der Waals surface area contributed by atoms with Crippen molar-refractivity contribution in [3.8, 4) is 0 Å². The van der Waals surface area contributed by atoms with Crippen molar-refractivity contribution in [1.29, 1.82) is 0 Å². The zero-order valence-corrected chi connectivity index (χ0v) is 15.0. The fourth-order valence-electron chi connectivity index (χ4n) is 2.66. The second-order valence-corrected chi connectivity index (χ2v) is 6.31. The number of amides is 1. The van der Waals surface area contributed by atoms with E-state index in [4.69, 9.17) is 0 Å². The molecule has 4 nitrogen and oxygen atoms in total. The summed E-state index contributed by atoms with van der Waals surface area (Å²) in [4.78, 5) is 16.4. The highest BCUT2D eigenvalue weighted by Crippen LogP contribution is 2.30. The van der Waals surface area contributed by atoms with Gasteiger partial charge in [0.25, 0.3) is 5.91 Å². The van der Waals surface area contributed by atoms with E-state index in [1.807, 2.05) is 25.1 Å². The van der Waals surface area contributed by atoms with Crippen LogP contribution in [0.1, 0.15) is 27.2 Å². The lowest BCUT2D eigenvalue weighted by Gasteiger charge is -2.11. The predicted molar refractivity (Wildman–Crippen MR) is 102 cm³/mol. The Morgan fingerprint density at radius 1 is 1.00 bits per heavy atom. The van der Waals surface area contributed by atoms with Gasteiger partial charge < -0.3 is 10.6 Å². The summed E-state index contributed by atoms with van der Waals surface area (Å²) in [6, 6.07) is 15.8. The van der Waals surface area contributed by atoms with Crippen LogP contribution in [0.15, 0.2) is 66.9 Å². The van der Waals surface area contributed by atoms with Gasteiger partial charge in [-0.15, -0.1) is 0 Å². The molecule has 0 aliphatic heterocycles. The van der Waals surface area contributed by atoms with Gasteiger partial charge in [-0.25, -0.2) is 0 Å². The second-order valence-electron chi connectivity index (χ2n) is 6.31. The maximum atomic E-state index is 12.8. The summed E-state index contributed by atoms with van der Waals surface area (Å²) in [5, 5.41) is 5.66. The van der Waals surface area contributed by atoms with Crippen molar-refractivity contribution in [2.75, 3.05) is 10.6 Å². The molecule has 0 spiro atoms. The summed E-state index contributed by atoms with van der Waals surface area (Å²) in [6.45, 7) is 2.58. The average Bonchev–Trinajstić information content (AvgIpc) is 2.66. The van der Waals surface area contributed by atoms with Gasteiger partial charge in [0.2, 0.25) is 0 Å². The van der Waals surface area contributed by atoms with Gasteiger partial charge in [-0.1, -0.05) is 35.9 Å². The van der Waals surface area contributed by atoms with Crippen molar-refractivity contribution < 1.29 is 18.0 Å².